The lowest BCUT2D eigenvalue weighted by Crippen LogP contribution is -2.41. The smallest absolute Gasteiger partial charge is 0.400 e. The van der Waals surface area contributed by atoms with Crippen molar-refractivity contribution in [3.63, 3.8) is 0 Å². The summed E-state index contributed by atoms with van der Waals surface area (Å²) in [5.74, 6) is 0. The molecule has 0 radical (unpaired) electrons. The molecule has 1 saturated heterocycles. The Kier molecular flexibility index (Phi) is 4.04. The van der Waals surface area contributed by atoms with E-state index in [4.69, 9.17) is 9.31 Å². The van der Waals surface area contributed by atoms with Gasteiger partial charge >= 0.3 is 7.12 Å². The van der Waals surface area contributed by atoms with Crippen LogP contribution in [0.3, 0.4) is 0 Å². The zero-order valence-electron chi connectivity index (χ0n) is 14.0. The van der Waals surface area contributed by atoms with E-state index < -0.39 is 18.3 Å². The maximum Gasteiger partial charge on any atom is 0.492 e. The van der Waals surface area contributed by atoms with Crippen LogP contribution in [0.4, 0.5) is 0 Å². The van der Waals surface area contributed by atoms with Gasteiger partial charge in [0, 0.05) is 11.6 Å². The molecule has 0 unspecified atom stereocenters. The van der Waals surface area contributed by atoms with Gasteiger partial charge in [-0.05, 0) is 50.9 Å². The first-order valence-corrected chi connectivity index (χ1v) is 7.85. The van der Waals surface area contributed by atoms with Crippen molar-refractivity contribution in [2.75, 3.05) is 6.61 Å². The summed E-state index contributed by atoms with van der Waals surface area (Å²) < 4.78 is 12.1. The lowest BCUT2D eigenvalue weighted by Gasteiger charge is -2.32. The summed E-state index contributed by atoms with van der Waals surface area (Å²) >= 11 is 0. The van der Waals surface area contributed by atoms with E-state index in [-0.39, 0.29) is 6.61 Å². The van der Waals surface area contributed by atoms with Crippen molar-refractivity contribution >= 4 is 24.1 Å². The molecule has 1 aromatic heterocycles. The van der Waals surface area contributed by atoms with Crippen LogP contribution in [-0.2, 0) is 9.31 Å². The van der Waals surface area contributed by atoms with E-state index in [2.05, 4.69) is 4.98 Å². The van der Waals surface area contributed by atoms with Crippen molar-refractivity contribution in [3.05, 3.63) is 47.6 Å². The first-order chi connectivity index (χ1) is 10.8. The Morgan fingerprint density at radius 1 is 1.13 bits per heavy atom. The Morgan fingerprint density at radius 2 is 1.83 bits per heavy atom. The van der Waals surface area contributed by atoms with Crippen molar-refractivity contribution < 1.29 is 14.4 Å². The van der Waals surface area contributed by atoms with E-state index in [1.807, 2.05) is 64.1 Å². The SMILES string of the molecule is CC1(C)OB(C(=Cc2cccc3ncccc23)CO)OC1(C)C. The van der Waals surface area contributed by atoms with Gasteiger partial charge in [-0.2, -0.15) is 0 Å². The lowest BCUT2D eigenvalue weighted by atomic mass is 9.77. The monoisotopic (exact) mass is 311 g/mol. The maximum absolute atomic E-state index is 9.82. The average molecular weight is 311 g/mol. The normalized spacial score (nSPS) is 20.2. The number of hydrogen-bond donors (Lipinski definition) is 1. The fourth-order valence-electron chi connectivity index (χ4n) is 2.64. The van der Waals surface area contributed by atoms with Crippen LogP contribution in [-0.4, -0.2) is 35.0 Å². The first-order valence-electron chi connectivity index (χ1n) is 7.85. The number of pyridine rings is 1. The summed E-state index contributed by atoms with van der Waals surface area (Å²) in [7, 11) is -0.545. The molecule has 1 aliphatic heterocycles. The van der Waals surface area contributed by atoms with Crippen LogP contribution < -0.4 is 0 Å². The molecule has 2 heterocycles. The summed E-state index contributed by atoms with van der Waals surface area (Å²) in [5.41, 5.74) is 1.78. The average Bonchev–Trinajstić information content (AvgIpc) is 2.73. The molecule has 0 saturated carbocycles. The highest BCUT2D eigenvalue weighted by atomic mass is 16.7. The minimum atomic E-state index is -0.545. The quantitative estimate of drug-likeness (QED) is 0.884. The lowest BCUT2D eigenvalue weighted by molar-refractivity contribution is 0.00578. The molecule has 23 heavy (non-hydrogen) atoms. The fourth-order valence-corrected chi connectivity index (χ4v) is 2.64. The van der Waals surface area contributed by atoms with Crippen molar-refractivity contribution in [2.24, 2.45) is 0 Å². The van der Waals surface area contributed by atoms with Crippen LogP contribution in [0.25, 0.3) is 17.0 Å². The third-order valence-corrected chi connectivity index (χ3v) is 4.76. The van der Waals surface area contributed by atoms with E-state index in [1.165, 1.54) is 0 Å². The van der Waals surface area contributed by atoms with Crippen LogP contribution in [0.15, 0.2) is 42.0 Å². The molecule has 0 bridgehead atoms. The predicted molar refractivity (Wildman–Crippen MR) is 92.9 cm³/mol. The van der Waals surface area contributed by atoms with E-state index in [0.717, 1.165) is 16.5 Å². The summed E-state index contributed by atoms with van der Waals surface area (Å²) in [5, 5.41) is 10.9. The summed E-state index contributed by atoms with van der Waals surface area (Å²) in [6.45, 7) is 7.90. The van der Waals surface area contributed by atoms with E-state index in [1.54, 1.807) is 6.20 Å². The largest absolute Gasteiger partial charge is 0.492 e. The topological polar surface area (TPSA) is 51.6 Å². The van der Waals surface area contributed by atoms with Crippen LogP contribution >= 0.6 is 0 Å². The van der Waals surface area contributed by atoms with Gasteiger partial charge in [0.05, 0.1) is 23.3 Å². The zero-order chi connectivity index (χ0) is 16.7. The van der Waals surface area contributed by atoms with Gasteiger partial charge in [0.2, 0.25) is 0 Å². The number of fused-ring (bicyclic) bond motifs is 1. The minimum Gasteiger partial charge on any atom is -0.400 e. The van der Waals surface area contributed by atoms with Gasteiger partial charge in [0.1, 0.15) is 0 Å². The molecule has 0 amide bonds. The second kappa shape index (κ2) is 5.75. The maximum atomic E-state index is 9.82. The molecular formula is C18H22BNO3. The van der Waals surface area contributed by atoms with Crippen molar-refractivity contribution in [1.82, 2.24) is 4.98 Å². The Labute approximate surface area is 137 Å². The molecule has 1 aliphatic rings. The van der Waals surface area contributed by atoms with Crippen LogP contribution in [0.5, 0.6) is 0 Å². The standard InChI is InChI=1S/C18H22BNO3/c1-17(2)18(3,4)23-19(22-17)14(12-21)11-13-7-5-9-16-15(13)8-6-10-20-16/h5-11,21H,12H2,1-4H3. The number of rotatable bonds is 3. The molecular weight excluding hydrogens is 289 g/mol. The summed E-state index contributed by atoms with van der Waals surface area (Å²) in [6.07, 6.45) is 3.71. The van der Waals surface area contributed by atoms with E-state index in [0.29, 0.717) is 5.47 Å². The Morgan fingerprint density at radius 3 is 2.48 bits per heavy atom. The van der Waals surface area contributed by atoms with Crippen molar-refractivity contribution in [3.8, 4) is 0 Å². The molecule has 2 aromatic rings. The first kappa shape index (κ1) is 16.2. The van der Waals surface area contributed by atoms with Gasteiger partial charge in [-0.1, -0.05) is 24.3 Å². The van der Waals surface area contributed by atoms with Gasteiger partial charge in [-0.15, -0.1) is 0 Å². The van der Waals surface area contributed by atoms with Gasteiger partial charge in [0.25, 0.3) is 0 Å². The molecule has 0 aliphatic carbocycles. The summed E-state index contributed by atoms with van der Waals surface area (Å²) in [6, 6.07) is 9.87. The Bertz CT molecular complexity index is 734. The second-order valence-corrected chi connectivity index (χ2v) is 6.88. The summed E-state index contributed by atoms with van der Waals surface area (Å²) in [4.78, 5) is 4.36. The van der Waals surface area contributed by atoms with Crippen molar-refractivity contribution in [2.45, 2.75) is 38.9 Å². The zero-order valence-corrected chi connectivity index (χ0v) is 14.0. The van der Waals surface area contributed by atoms with Gasteiger partial charge in [-0.25, -0.2) is 0 Å². The Balaban J connectivity index is 1.99. The molecule has 5 heteroatoms. The predicted octanol–water partition coefficient (Wildman–Crippen LogP) is 3.24. The second-order valence-electron chi connectivity index (χ2n) is 6.88. The fraction of sp³-hybridized carbons (Fsp3) is 0.389. The van der Waals surface area contributed by atoms with Crippen LogP contribution in [0.2, 0.25) is 0 Å². The third kappa shape index (κ3) is 2.92. The number of aromatic nitrogens is 1. The highest BCUT2D eigenvalue weighted by Gasteiger charge is 2.52. The van der Waals surface area contributed by atoms with Crippen LogP contribution in [0, 0.1) is 0 Å². The number of benzene rings is 1. The van der Waals surface area contributed by atoms with Gasteiger partial charge < -0.3 is 14.4 Å². The number of aliphatic hydroxyl groups is 1. The molecule has 4 nitrogen and oxygen atoms in total. The molecule has 0 spiro atoms. The number of nitrogens with zero attached hydrogens (tertiary/aromatic N) is 1. The van der Waals surface area contributed by atoms with Crippen molar-refractivity contribution in [1.29, 1.82) is 0 Å². The molecule has 0 atom stereocenters. The van der Waals surface area contributed by atoms with Crippen LogP contribution in [0.1, 0.15) is 33.3 Å². The number of aliphatic hydroxyl groups excluding tert-OH is 1. The molecule has 3 rings (SSSR count). The molecule has 120 valence electrons. The van der Waals surface area contributed by atoms with Gasteiger partial charge in [0.15, 0.2) is 0 Å². The van der Waals surface area contributed by atoms with E-state index in [9.17, 15) is 5.11 Å². The highest BCUT2D eigenvalue weighted by Crippen LogP contribution is 2.38. The van der Waals surface area contributed by atoms with E-state index >= 15 is 0 Å². The molecule has 1 aromatic carbocycles. The van der Waals surface area contributed by atoms with Gasteiger partial charge in [-0.3, -0.25) is 4.98 Å². The minimum absolute atomic E-state index is 0.118. The Hall–Kier alpha value is -1.69. The molecule has 1 fully saturated rings. The third-order valence-electron chi connectivity index (χ3n) is 4.76. The number of hydrogen-bond acceptors (Lipinski definition) is 4. The highest BCUT2D eigenvalue weighted by molar-refractivity contribution is 6.55. The molecule has 1 N–H and O–H groups in total.